The Hall–Kier alpha value is -2.20. The maximum absolute atomic E-state index is 12.4. The van der Waals surface area contributed by atoms with Crippen molar-refractivity contribution in [2.75, 3.05) is 13.2 Å². The summed E-state index contributed by atoms with van der Waals surface area (Å²) in [6, 6.07) is 15.2. The molecule has 2 aromatic rings. The third-order valence-electron chi connectivity index (χ3n) is 4.09. The third-order valence-corrected chi connectivity index (χ3v) is 4.33. The van der Waals surface area contributed by atoms with Crippen LogP contribution in [0.25, 0.3) is 0 Å². The zero-order valence-corrected chi connectivity index (χ0v) is 16.8. The quantitative estimate of drug-likeness (QED) is 0.548. The molecule has 0 unspecified atom stereocenters. The molecule has 0 aliphatic carbocycles. The zero-order valence-electron chi connectivity index (χ0n) is 16.0. The van der Waals surface area contributed by atoms with Gasteiger partial charge in [-0.25, -0.2) is 0 Å². The van der Waals surface area contributed by atoms with Crippen molar-refractivity contribution in [3.63, 3.8) is 0 Å². The Bertz CT molecular complexity index is 720. The minimum Gasteiger partial charge on any atom is -0.493 e. The molecule has 0 saturated heterocycles. The second-order valence-electron chi connectivity index (χ2n) is 6.32. The molecule has 27 heavy (non-hydrogen) atoms. The summed E-state index contributed by atoms with van der Waals surface area (Å²) >= 11 is 5.97. The van der Waals surface area contributed by atoms with Crippen LogP contribution in [0.5, 0.6) is 11.5 Å². The lowest BCUT2D eigenvalue weighted by Crippen LogP contribution is -2.38. The van der Waals surface area contributed by atoms with Crippen molar-refractivity contribution in [2.45, 2.75) is 45.6 Å². The van der Waals surface area contributed by atoms with E-state index < -0.39 is 6.10 Å². The summed E-state index contributed by atoms with van der Waals surface area (Å²) in [7, 11) is 0. The normalized spacial score (nSPS) is 11.7. The molecule has 0 fully saturated rings. The summed E-state index contributed by atoms with van der Waals surface area (Å²) in [4.78, 5) is 12.4. The first-order chi connectivity index (χ1) is 13.1. The summed E-state index contributed by atoms with van der Waals surface area (Å²) in [5.74, 6) is 1.43. The topological polar surface area (TPSA) is 47.6 Å². The second kappa shape index (κ2) is 11.5. The Labute approximate surface area is 166 Å². The number of rotatable bonds is 11. The van der Waals surface area contributed by atoms with Crippen LogP contribution in [0.1, 0.15) is 38.7 Å². The van der Waals surface area contributed by atoms with Gasteiger partial charge in [-0.3, -0.25) is 4.79 Å². The highest BCUT2D eigenvalue weighted by molar-refractivity contribution is 6.30. The molecule has 0 aliphatic rings. The number of para-hydroxylation sites is 1. The first-order valence-electron chi connectivity index (χ1n) is 9.54. The van der Waals surface area contributed by atoms with Crippen LogP contribution in [0.4, 0.5) is 0 Å². The van der Waals surface area contributed by atoms with Crippen LogP contribution in [0.15, 0.2) is 48.5 Å². The van der Waals surface area contributed by atoms with Crippen molar-refractivity contribution in [3.8, 4) is 11.5 Å². The highest BCUT2D eigenvalue weighted by Gasteiger charge is 2.18. The van der Waals surface area contributed by atoms with Gasteiger partial charge < -0.3 is 14.8 Å². The van der Waals surface area contributed by atoms with E-state index in [0.29, 0.717) is 30.3 Å². The van der Waals surface area contributed by atoms with Crippen LogP contribution < -0.4 is 14.8 Å². The van der Waals surface area contributed by atoms with Gasteiger partial charge in [-0.05, 0) is 55.5 Å². The van der Waals surface area contributed by atoms with Crippen molar-refractivity contribution in [2.24, 2.45) is 0 Å². The van der Waals surface area contributed by atoms with Gasteiger partial charge in [0.25, 0.3) is 5.91 Å². The first kappa shape index (κ1) is 21.1. The lowest BCUT2D eigenvalue weighted by molar-refractivity contribution is -0.128. The molecule has 0 bridgehead atoms. The lowest BCUT2D eigenvalue weighted by Gasteiger charge is -2.17. The summed E-state index contributed by atoms with van der Waals surface area (Å²) in [6.45, 7) is 5.33. The molecule has 2 rings (SSSR count). The number of carbonyl (C=O) groups is 1. The lowest BCUT2D eigenvalue weighted by atomic mass is 10.1. The first-order valence-corrected chi connectivity index (χ1v) is 9.92. The molecular formula is C22H28ClNO3. The Balaban J connectivity index is 1.79. The number of halogens is 1. The largest absolute Gasteiger partial charge is 0.493 e. The van der Waals surface area contributed by atoms with Gasteiger partial charge in [-0.15, -0.1) is 0 Å². The molecule has 1 amide bonds. The van der Waals surface area contributed by atoms with Crippen LogP contribution in [0, 0.1) is 0 Å². The average molecular weight is 390 g/mol. The number of aryl methyl sites for hydroxylation is 1. The van der Waals surface area contributed by atoms with Gasteiger partial charge in [0.2, 0.25) is 0 Å². The van der Waals surface area contributed by atoms with E-state index in [4.69, 9.17) is 21.1 Å². The van der Waals surface area contributed by atoms with Crippen LogP contribution in [0.2, 0.25) is 5.02 Å². The molecule has 0 aliphatic heterocycles. The molecule has 0 radical (unpaired) electrons. The molecule has 0 spiro atoms. The molecule has 5 heteroatoms. The van der Waals surface area contributed by atoms with E-state index in [1.807, 2.05) is 25.1 Å². The predicted molar refractivity (Wildman–Crippen MR) is 110 cm³/mol. The highest BCUT2D eigenvalue weighted by atomic mass is 35.5. The third kappa shape index (κ3) is 7.14. The molecule has 1 atom stereocenters. The standard InChI is InChI=1S/C22H28ClNO3/c1-3-15-26-21-13-6-5-9-17(21)10-8-14-24-22(25)20(4-2)27-19-12-7-11-18(23)16-19/h5-7,9,11-13,16,20H,3-4,8,10,14-15H2,1-2H3,(H,24,25)/t20-/m0/s1. The Morgan fingerprint density at radius 3 is 2.70 bits per heavy atom. The fourth-order valence-electron chi connectivity index (χ4n) is 2.69. The minimum absolute atomic E-state index is 0.104. The van der Waals surface area contributed by atoms with Gasteiger partial charge in [0.1, 0.15) is 11.5 Å². The van der Waals surface area contributed by atoms with Crippen LogP contribution in [-0.4, -0.2) is 25.2 Å². The maximum atomic E-state index is 12.4. The van der Waals surface area contributed by atoms with Crippen molar-refractivity contribution < 1.29 is 14.3 Å². The summed E-state index contributed by atoms with van der Waals surface area (Å²) in [5, 5.41) is 3.55. The number of nitrogens with one attached hydrogen (secondary N) is 1. The molecule has 1 N–H and O–H groups in total. The Kier molecular flexibility index (Phi) is 8.99. The van der Waals surface area contributed by atoms with Gasteiger partial charge in [-0.1, -0.05) is 49.7 Å². The summed E-state index contributed by atoms with van der Waals surface area (Å²) < 4.78 is 11.5. The fraction of sp³-hybridized carbons (Fsp3) is 0.409. The van der Waals surface area contributed by atoms with Gasteiger partial charge in [0.05, 0.1) is 6.61 Å². The molecule has 146 valence electrons. The molecule has 0 heterocycles. The highest BCUT2D eigenvalue weighted by Crippen LogP contribution is 2.20. The van der Waals surface area contributed by atoms with Crippen LogP contribution >= 0.6 is 11.6 Å². The number of ether oxygens (including phenoxy) is 2. The summed E-state index contributed by atoms with van der Waals surface area (Å²) in [6.07, 6.45) is 2.74. The number of carbonyl (C=O) groups excluding carboxylic acids is 1. The van der Waals surface area contributed by atoms with Gasteiger partial charge >= 0.3 is 0 Å². The van der Waals surface area contributed by atoms with Crippen molar-refractivity contribution in [3.05, 3.63) is 59.1 Å². The number of hydrogen-bond donors (Lipinski definition) is 1. The van der Waals surface area contributed by atoms with Gasteiger partial charge in [-0.2, -0.15) is 0 Å². The molecular weight excluding hydrogens is 362 g/mol. The van der Waals surface area contributed by atoms with Gasteiger partial charge in [0, 0.05) is 11.6 Å². The Morgan fingerprint density at radius 1 is 1.15 bits per heavy atom. The van der Waals surface area contributed by atoms with E-state index in [1.165, 1.54) is 5.56 Å². The number of benzene rings is 2. The molecule has 0 aromatic heterocycles. The Morgan fingerprint density at radius 2 is 1.96 bits per heavy atom. The van der Waals surface area contributed by atoms with Crippen LogP contribution in [0.3, 0.4) is 0 Å². The van der Waals surface area contributed by atoms with Gasteiger partial charge in [0.15, 0.2) is 6.10 Å². The van der Waals surface area contributed by atoms with Crippen molar-refractivity contribution in [1.29, 1.82) is 0 Å². The second-order valence-corrected chi connectivity index (χ2v) is 6.76. The van der Waals surface area contributed by atoms with E-state index >= 15 is 0 Å². The predicted octanol–water partition coefficient (Wildman–Crippen LogP) is 5.04. The van der Waals surface area contributed by atoms with Crippen LogP contribution in [-0.2, 0) is 11.2 Å². The van der Waals surface area contributed by atoms with Crippen molar-refractivity contribution >= 4 is 17.5 Å². The molecule has 4 nitrogen and oxygen atoms in total. The summed E-state index contributed by atoms with van der Waals surface area (Å²) in [5.41, 5.74) is 1.17. The maximum Gasteiger partial charge on any atom is 0.261 e. The molecule has 0 saturated carbocycles. The monoisotopic (exact) mass is 389 g/mol. The number of amides is 1. The van der Waals surface area contributed by atoms with E-state index in [9.17, 15) is 4.79 Å². The van der Waals surface area contributed by atoms with Crippen molar-refractivity contribution in [1.82, 2.24) is 5.32 Å². The van der Waals surface area contributed by atoms with E-state index in [-0.39, 0.29) is 5.91 Å². The fourth-order valence-corrected chi connectivity index (χ4v) is 2.87. The average Bonchev–Trinajstić information content (AvgIpc) is 2.68. The van der Waals surface area contributed by atoms with E-state index in [0.717, 1.165) is 25.0 Å². The SMILES string of the molecule is CCCOc1ccccc1CCCNC(=O)[C@H](CC)Oc1cccc(Cl)c1. The zero-order chi connectivity index (χ0) is 19.5. The van der Waals surface area contributed by atoms with E-state index in [2.05, 4.69) is 18.3 Å². The molecule has 2 aromatic carbocycles. The number of hydrogen-bond acceptors (Lipinski definition) is 3. The smallest absolute Gasteiger partial charge is 0.261 e. The minimum atomic E-state index is -0.524. The van der Waals surface area contributed by atoms with E-state index in [1.54, 1.807) is 24.3 Å².